The molecule has 2 heterocycles. The van der Waals surface area contributed by atoms with E-state index in [1.165, 1.54) is 29.8 Å². The highest BCUT2D eigenvalue weighted by atomic mass is 32.2. The van der Waals surface area contributed by atoms with Crippen LogP contribution in [0.4, 0.5) is 0 Å². The molecule has 0 atom stereocenters. The van der Waals surface area contributed by atoms with Crippen LogP contribution in [0.1, 0.15) is 34.0 Å². The zero-order valence-corrected chi connectivity index (χ0v) is 20.4. The molecule has 35 heavy (non-hydrogen) atoms. The van der Waals surface area contributed by atoms with E-state index in [2.05, 4.69) is 29.4 Å². The highest BCUT2D eigenvalue weighted by molar-refractivity contribution is 7.89. The van der Waals surface area contributed by atoms with E-state index in [0.717, 1.165) is 21.9 Å². The van der Waals surface area contributed by atoms with Crippen molar-refractivity contribution in [1.29, 1.82) is 0 Å². The molecule has 1 saturated heterocycles. The van der Waals surface area contributed by atoms with Crippen LogP contribution in [-0.4, -0.2) is 54.1 Å². The lowest BCUT2D eigenvalue weighted by molar-refractivity contribution is -0.122. The second-order valence-corrected chi connectivity index (χ2v) is 10.3. The first-order valence-electron chi connectivity index (χ1n) is 11.5. The van der Waals surface area contributed by atoms with E-state index >= 15 is 0 Å². The van der Waals surface area contributed by atoms with Gasteiger partial charge in [-0.25, -0.2) is 8.42 Å². The van der Waals surface area contributed by atoms with E-state index in [9.17, 15) is 18.0 Å². The van der Waals surface area contributed by atoms with Crippen molar-refractivity contribution in [3.63, 3.8) is 0 Å². The van der Waals surface area contributed by atoms with Crippen molar-refractivity contribution in [2.75, 3.05) is 19.6 Å². The average molecular weight is 493 g/mol. The van der Waals surface area contributed by atoms with Crippen LogP contribution in [0.3, 0.4) is 0 Å². The van der Waals surface area contributed by atoms with Gasteiger partial charge >= 0.3 is 0 Å². The monoisotopic (exact) mass is 492 g/mol. The highest BCUT2D eigenvalue weighted by Crippen LogP contribution is 2.20. The van der Waals surface area contributed by atoms with Gasteiger partial charge in [0.05, 0.1) is 11.4 Å². The number of amides is 2. The Hall–Kier alpha value is -3.56. The van der Waals surface area contributed by atoms with Crippen LogP contribution in [-0.2, 0) is 34.3 Å². The minimum atomic E-state index is -3.82. The van der Waals surface area contributed by atoms with Gasteiger partial charge in [-0.2, -0.15) is 4.31 Å². The molecule has 182 valence electrons. The molecule has 0 saturated carbocycles. The zero-order valence-electron chi connectivity index (χ0n) is 19.6. The molecule has 0 radical (unpaired) electrons. The van der Waals surface area contributed by atoms with E-state index in [0.29, 0.717) is 18.7 Å². The van der Waals surface area contributed by atoms with Crippen LogP contribution >= 0.6 is 0 Å². The van der Waals surface area contributed by atoms with Crippen LogP contribution < -0.4 is 5.32 Å². The molecule has 0 aliphatic carbocycles. The van der Waals surface area contributed by atoms with Gasteiger partial charge in [0, 0.05) is 44.1 Å². The predicted molar refractivity (Wildman–Crippen MR) is 132 cm³/mol. The van der Waals surface area contributed by atoms with Gasteiger partial charge in [-0.15, -0.1) is 0 Å². The van der Waals surface area contributed by atoms with Crippen molar-refractivity contribution < 1.29 is 18.0 Å². The average Bonchev–Trinajstić information content (AvgIpc) is 2.89. The standard InChI is InChI=1S/C26H28N4O4S/c1-2-20-5-7-21(8-6-20)17-29(18-22-4-3-13-27-16-22)26(32)23-9-11-24(12-10-23)35(33,34)30-15-14-28-25(31)19-30/h3-13,16H,2,14-15,17-19H2,1H3,(H,28,31). The summed E-state index contributed by atoms with van der Waals surface area (Å²) in [6, 6.07) is 17.8. The van der Waals surface area contributed by atoms with Gasteiger partial charge in [0.2, 0.25) is 15.9 Å². The largest absolute Gasteiger partial charge is 0.354 e. The lowest BCUT2D eigenvalue weighted by Gasteiger charge is -2.26. The van der Waals surface area contributed by atoms with Crippen LogP contribution in [0.25, 0.3) is 0 Å². The molecule has 9 heteroatoms. The minimum Gasteiger partial charge on any atom is -0.354 e. The van der Waals surface area contributed by atoms with Crippen molar-refractivity contribution in [1.82, 2.24) is 19.5 Å². The number of pyridine rings is 1. The maximum absolute atomic E-state index is 13.5. The van der Waals surface area contributed by atoms with E-state index in [-0.39, 0.29) is 36.3 Å². The summed E-state index contributed by atoms with van der Waals surface area (Å²) in [4.78, 5) is 31.0. The summed E-state index contributed by atoms with van der Waals surface area (Å²) < 4.78 is 27.0. The van der Waals surface area contributed by atoms with E-state index in [1.54, 1.807) is 17.3 Å². The van der Waals surface area contributed by atoms with Crippen LogP contribution in [0.15, 0.2) is 78.0 Å². The molecule has 0 bridgehead atoms. The number of nitrogens with one attached hydrogen (secondary N) is 1. The number of nitrogens with zero attached hydrogens (tertiary/aromatic N) is 3. The first-order valence-corrected chi connectivity index (χ1v) is 12.9. The van der Waals surface area contributed by atoms with Gasteiger partial charge in [0.1, 0.15) is 0 Å². The smallest absolute Gasteiger partial charge is 0.254 e. The van der Waals surface area contributed by atoms with Crippen molar-refractivity contribution in [2.45, 2.75) is 31.3 Å². The third kappa shape index (κ3) is 5.93. The number of aromatic nitrogens is 1. The number of aryl methyl sites for hydroxylation is 1. The number of hydrogen-bond donors (Lipinski definition) is 1. The lowest BCUT2D eigenvalue weighted by atomic mass is 10.1. The molecule has 4 rings (SSSR count). The summed E-state index contributed by atoms with van der Waals surface area (Å²) in [5, 5.41) is 2.62. The van der Waals surface area contributed by atoms with Gasteiger partial charge in [-0.1, -0.05) is 37.3 Å². The first-order chi connectivity index (χ1) is 16.9. The molecular formula is C26H28N4O4S. The maximum atomic E-state index is 13.5. The van der Waals surface area contributed by atoms with Gasteiger partial charge in [-0.05, 0) is 53.4 Å². The Morgan fingerprint density at radius 3 is 2.31 bits per heavy atom. The molecule has 2 amide bonds. The second kappa shape index (κ2) is 10.8. The number of hydrogen-bond acceptors (Lipinski definition) is 5. The number of carbonyl (C=O) groups is 2. The van der Waals surface area contributed by atoms with Crippen LogP contribution in [0.5, 0.6) is 0 Å². The second-order valence-electron chi connectivity index (χ2n) is 8.41. The van der Waals surface area contributed by atoms with Crippen LogP contribution in [0, 0.1) is 0 Å². The molecule has 3 aromatic rings. The molecule has 1 N–H and O–H groups in total. The number of benzene rings is 2. The molecule has 0 spiro atoms. The minimum absolute atomic E-state index is 0.0534. The summed E-state index contributed by atoms with van der Waals surface area (Å²) >= 11 is 0. The summed E-state index contributed by atoms with van der Waals surface area (Å²) in [5.41, 5.74) is 3.51. The number of piperazine rings is 1. The number of sulfonamides is 1. The van der Waals surface area contributed by atoms with E-state index in [1.807, 2.05) is 24.3 Å². The zero-order chi connectivity index (χ0) is 24.8. The Balaban J connectivity index is 1.56. The topological polar surface area (TPSA) is 99.7 Å². The predicted octanol–water partition coefficient (Wildman–Crippen LogP) is 2.61. The fourth-order valence-electron chi connectivity index (χ4n) is 3.93. The fraction of sp³-hybridized carbons (Fsp3) is 0.269. The molecule has 1 fully saturated rings. The fourth-order valence-corrected chi connectivity index (χ4v) is 5.33. The first kappa shape index (κ1) is 24.6. The SMILES string of the molecule is CCc1ccc(CN(Cc2cccnc2)C(=O)c2ccc(S(=O)(=O)N3CCNC(=O)C3)cc2)cc1. The van der Waals surface area contributed by atoms with E-state index in [4.69, 9.17) is 0 Å². The molecule has 1 aromatic heterocycles. The lowest BCUT2D eigenvalue weighted by Crippen LogP contribution is -2.49. The Kier molecular flexibility index (Phi) is 7.57. The van der Waals surface area contributed by atoms with Crippen molar-refractivity contribution in [2.24, 2.45) is 0 Å². The van der Waals surface area contributed by atoms with Gasteiger partial charge in [0.25, 0.3) is 5.91 Å². The summed E-state index contributed by atoms with van der Waals surface area (Å²) in [6.07, 6.45) is 4.35. The molecule has 0 unspecified atom stereocenters. The van der Waals surface area contributed by atoms with Crippen molar-refractivity contribution in [3.8, 4) is 0 Å². The molecular weight excluding hydrogens is 464 g/mol. The van der Waals surface area contributed by atoms with Crippen molar-refractivity contribution >= 4 is 21.8 Å². The Morgan fingerprint density at radius 2 is 1.69 bits per heavy atom. The van der Waals surface area contributed by atoms with Crippen LogP contribution in [0.2, 0.25) is 0 Å². The maximum Gasteiger partial charge on any atom is 0.254 e. The summed E-state index contributed by atoms with van der Waals surface area (Å²) in [7, 11) is -3.82. The Morgan fingerprint density at radius 1 is 1.00 bits per heavy atom. The molecule has 8 nitrogen and oxygen atoms in total. The van der Waals surface area contributed by atoms with Gasteiger partial charge in [0.15, 0.2) is 0 Å². The Bertz CT molecular complexity index is 1280. The van der Waals surface area contributed by atoms with Gasteiger partial charge in [-0.3, -0.25) is 14.6 Å². The Labute approximate surface area is 205 Å². The number of carbonyl (C=O) groups excluding carboxylic acids is 2. The molecule has 2 aromatic carbocycles. The molecule has 1 aliphatic rings. The third-order valence-electron chi connectivity index (χ3n) is 5.93. The van der Waals surface area contributed by atoms with Crippen molar-refractivity contribution in [3.05, 3.63) is 95.3 Å². The quantitative estimate of drug-likeness (QED) is 0.521. The third-order valence-corrected chi connectivity index (χ3v) is 7.79. The highest BCUT2D eigenvalue weighted by Gasteiger charge is 2.29. The number of rotatable bonds is 8. The summed E-state index contributed by atoms with van der Waals surface area (Å²) in [6.45, 7) is 3.14. The summed E-state index contributed by atoms with van der Waals surface area (Å²) in [5.74, 6) is -0.542. The van der Waals surface area contributed by atoms with E-state index < -0.39 is 10.0 Å². The normalized spacial score (nSPS) is 14.4. The molecule has 1 aliphatic heterocycles. The van der Waals surface area contributed by atoms with Gasteiger partial charge < -0.3 is 10.2 Å².